The second-order valence-electron chi connectivity index (χ2n) is 4.76. The molecule has 1 heteroatoms. The second kappa shape index (κ2) is 4.34. The fraction of sp³-hybridized carbons (Fsp3) is 0.176. The van der Waals surface area contributed by atoms with Gasteiger partial charge in [-0.25, -0.2) is 0 Å². The predicted octanol–water partition coefficient (Wildman–Crippen LogP) is 4.58. The number of benzene rings is 2. The summed E-state index contributed by atoms with van der Waals surface area (Å²) in [7, 11) is 0. The Morgan fingerprint density at radius 2 is 1.67 bits per heavy atom. The SMILES string of the molecule is Cc1ccc(C2=Cc3ccccc3C(C)O2)cc1. The summed E-state index contributed by atoms with van der Waals surface area (Å²) in [5.41, 5.74) is 4.92. The molecule has 1 atom stereocenters. The molecule has 90 valence electrons. The molecule has 0 radical (unpaired) electrons. The standard InChI is InChI=1S/C17H16O/c1-12-7-9-14(10-8-12)17-11-15-5-3-4-6-16(15)13(2)18-17/h3-11,13H,1-2H3. The molecule has 1 unspecified atom stereocenters. The van der Waals surface area contributed by atoms with Crippen molar-refractivity contribution in [3.63, 3.8) is 0 Å². The first kappa shape index (κ1) is 11.1. The molecule has 0 N–H and O–H groups in total. The van der Waals surface area contributed by atoms with Gasteiger partial charge in [0.25, 0.3) is 0 Å². The Labute approximate surface area is 108 Å². The van der Waals surface area contributed by atoms with Gasteiger partial charge in [0.2, 0.25) is 0 Å². The first-order valence-corrected chi connectivity index (χ1v) is 6.28. The van der Waals surface area contributed by atoms with Gasteiger partial charge in [-0.2, -0.15) is 0 Å². The highest BCUT2D eigenvalue weighted by atomic mass is 16.5. The fourth-order valence-electron chi connectivity index (χ4n) is 2.31. The molecule has 0 aromatic heterocycles. The van der Waals surface area contributed by atoms with E-state index in [9.17, 15) is 0 Å². The van der Waals surface area contributed by atoms with Crippen molar-refractivity contribution in [3.05, 3.63) is 70.8 Å². The number of ether oxygens (including phenoxy) is 1. The van der Waals surface area contributed by atoms with E-state index in [4.69, 9.17) is 4.74 Å². The monoisotopic (exact) mass is 236 g/mol. The zero-order valence-electron chi connectivity index (χ0n) is 10.7. The van der Waals surface area contributed by atoms with E-state index in [1.54, 1.807) is 0 Å². The molecule has 2 aromatic rings. The Hall–Kier alpha value is -2.02. The van der Waals surface area contributed by atoms with E-state index in [-0.39, 0.29) is 6.10 Å². The maximum atomic E-state index is 6.00. The van der Waals surface area contributed by atoms with Crippen molar-refractivity contribution in [1.82, 2.24) is 0 Å². The van der Waals surface area contributed by atoms with Crippen molar-refractivity contribution in [2.75, 3.05) is 0 Å². The summed E-state index contributed by atoms with van der Waals surface area (Å²) in [6.07, 6.45) is 2.24. The third-order valence-electron chi connectivity index (χ3n) is 3.36. The maximum absolute atomic E-state index is 6.00. The molecule has 0 aliphatic carbocycles. The summed E-state index contributed by atoms with van der Waals surface area (Å²) in [4.78, 5) is 0. The average molecular weight is 236 g/mol. The van der Waals surface area contributed by atoms with Gasteiger partial charge in [-0.1, -0.05) is 54.1 Å². The highest BCUT2D eigenvalue weighted by Crippen LogP contribution is 2.34. The van der Waals surface area contributed by atoms with Crippen LogP contribution in [-0.2, 0) is 4.74 Å². The zero-order valence-corrected chi connectivity index (χ0v) is 10.7. The molecule has 18 heavy (non-hydrogen) atoms. The van der Waals surface area contributed by atoms with Gasteiger partial charge < -0.3 is 4.74 Å². The molecule has 0 saturated heterocycles. The smallest absolute Gasteiger partial charge is 0.128 e. The highest BCUT2D eigenvalue weighted by molar-refractivity contribution is 5.80. The molecule has 0 fully saturated rings. The maximum Gasteiger partial charge on any atom is 0.128 e. The molecule has 2 aromatic carbocycles. The first-order chi connectivity index (χ1) is 8.74. The number of hydrogen-bond donors (Lipinski definition) is 0. The molecule has 0 bridgehead atoms. The van der Waals surface area contributed by atoms with Crippen molar-refractivity contribution >= 4 is 11.8 Å². The van der Waals surface area contributed by atoms with Gasteiger partial charge in [0.05, 0.1) is 0 Å². The van der Waals surface area contributed by atoms with E-state index in [0.29, 0.717) is 0 Å². The minimum Gasteiger partial charge on any atom is -0.485 e. The van der Waals surface area contributed by atoms with Crippen LogP contribution in [-0.4, -0.2) is 0 Å². The second-order valence-corrected chi connectivity index (χ2v) is 4.76. The van der Waals surface area contributed by atoms with Crippen LogP contribution >= 0.6 is 0 Å². The van der Waals surface area contributed by atoms with Gasteiger partial charge in [0.1, 0.15) is 11.9 Å². The Morgan fingerprint density at radius 1 is 0.944 bits per heavy atom. The molecule has 1 aliphatic heterocycles. The third-order valence-corrected chi connectivity index (χ3v) is 3.36. The normalized spacial score (nSPS) is 17.7. The summed E-state index contributed by atoms with van der Waals surface area (Å²) < 4.78 is 6.00. The van der Waals surface area contributed by atoms with Gasteiger partial charge in [-0.3, -0.25) is 0 Å². The third kappa shape index (κ3) is 1.92. The van der Waals surface area contributed by atoms with Crippen LogP contribution in [0.2, 0.25) is 0 Å². The molecule has 1 nitrogen and oxygen atoms in total. The molecule has 0 spiro atoms. The lowest BCUT2D eigenvalue weighted by Gasteiger charge is -2.24. The molecular weight excluding hydrogens is 220 g/mol. The zero-order chi connectivity index (χ0) is 12.5. The van der Waals surface area contributed by atoms with Crippen LogP contribution in [0.3, 0.4) is 0 Å². The van der Waals surface area contributed by atoms with E-state index in [2.05, 4.69) is 68.5 Å². The van der Waals surface area contributed by atoms with Gasteiger partial charge in [0.15, 0.2) is 0 Å². The summed E-state index contributed by atoms with van der Waals surface area (Å²) >= 11 is 0. The molecule has 1 heterocycles. The summed E-state index contributed by atoms with van der Waals surface area (Å²) in [5.74, 6) is 0.959. The Morgan fingerprint density at radius 3 is 2.44 bits per heavy atom. The van der Waals surface area contributed by atoms with Gasteiger partial charge in [0, 0.05) is 5.56 Å². The van der Waals surface area contributed by atoms with Crippen molar-refractivity contribution in [2.45, 2.75) is 20.0 Å². The van der Waals surface area contributed by atoms with Crippen LogP contribution in [0, 0.1) is 6.92 Å². The number of rotatable bonds is 1. The summed E-state index contributed by atoms with van der Waals surface area (Å²) in [6.45, 7) is 4.19. The van der Waals surface area contributed by atoms with Crippen LogP contribution in [0.25, 0.3) is 11.8 Å². The first-order valence-electron chi connectivity index (χ1n) is 6.28. The number of hydrogen-bond acceptors (Lipinski definition) is 1. The van der Waals surface area contributed by atoms with E-state index in [0.717, 1.165) is 11.3 Å². The van der Waals surface area contributed by atoms with Crippen molar-refractivity contribution < 1.29 is 4.74 Å². The van der Waals surface area contributed by atoms with E-state index in [1.165, 1.54) is 16.7 Å². The van der Waals surface area contributed by atoms with E-state index in [1.807, 2.05) is 0 Å². The fourth-order valence-corrected chi connectivity index (χ4v) is 2.31. The van der Waals surface area contributed by atoms with Crippen LogP contribution in [0.15, 0.2) is 48.5 Å². The van der Waals surface area contributed by atoms with Gasteiger partial charge in [-0.15, -0.1) is 0 Å². The molecule has 3 rings (SSSR count). The van der Waals surface area contributed by atoms with E-state index < -0.39 is 0 Å². The lowest BCUT2D eigenvalue weighted by atomic mass is 9.98. The molecular formula is C17H16O. The minimum absolute atomic E-state index is 0.113. The van der Waals surface area contributed by atoms with E-state index >= 15 is 0 Å². The van der Waals surface area contributed by atoms with Crippen molar-refractivity contribution in [2.24, 2.45) is 0 Å². The summed E-state index contributed by atoms with van der Waals surface area (Å²) in [6, 6.07) is 16.9. The van der Waals surface area contributed by atoms with Gasteiger partial charge in [-0.05, 0) is 31.1 Å². The predicted molar refractivity (Wildman–Crippen MR) is 75.0 cm³/mol. The lowest BCUT2D eigenvalue weighted by Crippen LogP contribution is -2.06. The molecule has 0 amide bonds. The number of aryl methyl sites for hydroxylation is 1. The van der Waals surface area contributed by atoms with Gasteiger partial charge >= 0.3 is 0 Å². The lowest BCUT2D eigenvalue weighted by molar-refractivity contribution is 0.186. The van der Waals surface area contributed by atoms with Crippen molar-refractivity contribution in [3.8, 4) is 0 Å². The molecule has 0 saturated carbocycles. The quantitative estimate of drug-likeness (QED) is 0.704. The largest absolute Gasteiger partial charge is 0.485 e. The average Bonchev–Trinajstić information content (AvgIpc) is 2.39. The Bertz CT molecular complexity index is 593. The van der Waals surface area contributed by atoms with Crippen molar-refractivity contribution in [1.29, 1.82) is 0 Å². The highest BCUT2D eigenvalue weighted by Gasteiger charge is 2.18. The van der Waals surface area contributed by atoms with Crippen LogP contribution in [0.4, 0.5) is 0 Å². The molecule has 1 aliphatic rings. The van der Waals surface area contributed by atoms with Crippen LogP contribution < -0.4 is 0 Å². The van der Waals surface area contributed by atoms with Crippen LogP contribution in [0.5, 0.6) is 0 Å². The van der Waals surface area contributed by atoms with Crippen LogP contribution in [0.1, 0.15) is 35.3 Å². The minimum atomic E-state index is 0.113. The summed E-state index contributed by atoms with van der Waals surface area (Å²) in [5, 5.41) is 0. The Kier molecular flexibility index (Phi) is 2.67. The Balaban J connectivity index is 2.05. The number of fused-ring (bicyclic) bond motifs is 1. The topological polar surface area (TPSA) is 9.23 Å².